The molecule has 2 aromatic carbocycles. The van der Waals surface area contributed by atoms with Crippen LogP contribution in [0.3, 0.4) is 0 Å². The van der Waals surface area contributed by atoms with Gasteiger partial charge >= 0.3 is 0 Å². The van der Waals surface area contributed by atoms with Crippen LogP contribution in [0.25, 0.3) is 11.5 Å². The van der Waals surface area contributed by atoms with Gasteiger partial charge in [0.25, 0.3) is 11.1 Å². The van der Waals surface area contributed by atoms with E-state index in [0.29, 0.717) is 29.8 Å². The number of carbonyl (C=O) groups is 2. The Morgan fingerprint density at radius 2 is 1.72 bits per heavy atom. The second kappa shape index (κ2) is 10.3. The maximum absolute atomic E-state index is 11.9. The van der Waals surface area contributed by atoms with Gasteiger partial charge in [0.15, 0.2) is 0 Å². The molecule has 0 bridgehead atoms. The summed E-state index contributed by atoms with van der Waals surface area (Å²) in [5, 5.41) is 13.7. The summed E-state index contributed by atoms with van der Waals surface area (Å²) in [5.41, 5.74) is 1.35. The van der Waals surface area contributed by atoms with E-state index < -0.39 is 0 Å². The predicted molar refractivity (Wildman–Crippen MR) is 109 cm³/mol. The third-order valence-electron chi connectivity index (χ3n) is 3.84. The van der Waals surface area contributed by atoms with Crippen molar-refractivity contribution in [3.05, 3.63) is 60.2 Å². The normalized spacial score (nSPS) is 10.4. The second-order valence-electron chi connectivity index (χ2n) is 5.86. The summed E-state index contributed by atoms with van der Waals surface area (Å²) >= 11 is 1.15. The van der Waals surface area contributed by atoms with E-state index in [9.17, 15) is 9.59 Å². The van der Waals surface area contributed by atoms with Gasteiger partial charge in [-0.1, -0.05) is 30.0 Å². The summed E-state index contributed by atoms with van der Waals surface area (Å²) in [7, 11) is 1.60. The topological polar surface area (TPSA) is 106 Å². The predicted octanol–water partition coefficient (Wildman–Crippen LogP) is 2.38. The number of nitrogens with one attached hydrogen (secondary N) is 2. The number of thioether (sulfide) groups is 1. The molecule has 2 amide bonds. The molecule has 150 valence electrons. The van der Waals surface area contributed by atoms with Crippen molar-refractivity contribution in [2.24, 2.45) is 0 Å². The molecule has 2 N–H and O–H groups in total. The van der Waals surface area contributed by atoms with Gasteiger partial charge < -0.3 is 19.8 Å². The Bertz CT molecular complexity index is 945. The Labute approximate surface area is 172 Å². The highest BCUT2D eigenvalue weighted by atomic mass is 32.2. The zero-order valence-electron chi connectivity index (χ0n) is 15.8. The third kappa shape index (κ3) is 6.08. The molecule has 0 fully saturated rings. The lowest BCUT2D eigenvalue weighted by Gasteiger charge is -2.06. The number of hydrogen-bond donors (Lipinski definition) is 2. The minimum absolute atomic E-state index is 0.136. The lowest BCUT2D eigenvalue weighted by molar-refractivity contribution is -0.118. The van der Waals surface area contributed by atoms with Crippen molar-refractivity contribution < 1.29 is 18.7 Å². The molecule has 0 saturated carbocycles. The van der Waals surface area contributed by atoms with Crippen LogP contribution in [-0.4, -0.2) is 48.0 Å². The van der Waals surface area contributed by atoms with E-state index in [1.165, 1.54) is 0 Å². The molecule has 0 atom stereocenters. The summed E-state index contributed by atoms with van der Waals surface area (Å²) < 4.78 is 10.7. The molecule has 9 heteroatoms. The van der Waals surface area contributed by atoms with Crippen molar-refractivity contribution in [2.75, 3.05) is 26.0 Å². The van der Waals surface area contributed by atoms with Crippen LogP contribution >= 0.6 is 11.8 Å². The number of amides is 2. The Kier molecular flexibility index (Phi) is 7.23. The summed E-state index contributed by atoms with van der Waals surface area (Å²) in [6.45, 7) is 0.672. The maximum Gasteiger partial charge on any atom is 0.277 e. The Balaban J connectivity index is 1.37. The molecule has 0 aliphatic carbocycles. The maximum atomic E-state index is 11.9. The van der Waals surface area contributed by atoms with E-state index in [1.807, 2.05) is 18.2 Å². The first kappa shape index (κ1) is 20.4. The number of aromatic nitrogens is 2. The fourth-order valence-corrected chi connectivity index (χ4v) is 2.96. The number of carbonyl (C=O) groups excluding carboxylic acids is 2. The van der Waals surface area contributed by atoms with Crippen LogP contribution < -0.4 is 15.4 Å². The number of hydrogen-bond acceptors (Lipinski definition) is 7. The second-order valence-corrected chi connectivity index (χ2v) is 6.79. The van der Waals surface area contributed by atoms with Crippen molar-refractivity contribution in [1.29, 1.82) is 0 Å². The fourth-order valence-electron chi connectivity index (χ4n) is 2.37. The Hall–Kier alpha value is -3.33. The van der Waals surface area contributed by atoms with Gasteiger partial charge in [0.1, 0.15) is 5.75 Å². The molecule has 8 nitrogen and oxygen atoms in total. The average Bonchev–Trinajstić information content (AvgIpc) is 3.25. The molecule has 0 spiro atoms. The summed E-state index contributed by atoms with van der Waals surface area (Å²) in [5.74, 6) is 0.884. The zero-order valence-corrected chi connectivity index (χ0v) is 16.6. The van der Waals surface area contributed by atoms with E-state index in [0.717, 1.165) is 23.1 Å². The number of nitrogens with zero attached hydrogens (tertiary/aromatic N) is 2. The molecule has 0 saturated heterocycles. The lowest BCUT2D eigenvalue weighted by Crippen LogP contribution is -2.35. The van der Waals surface area contributed by atoms with Crippen LogP contribution in [0, 0.1) is 0 Å². The van der Waals surface area contributed by atoms with Gasteiger partial charge in [-0.05, 0) is 36.4 Å². The third-order valence-corrected chi connectivity index (χ3v) is 4.66. The molecular weight excluding hydrogens is 392 g/mol. The van der Waals surface area contributed by atoms with Gasteiger partial charge in [-0.3, -0.25) is 9.59 Å². The van der Waals surface area contributed by atoms with Crippen molar-refractivity contribution in [3.8, 4) is 17.2 Å². The van der Waals surface area contributed by atoms with Gasteiger partial charge in [-0.15, -0.1) is 10.2 Å². The van der Waals surface area contributed by atoms with E-state index >= 15 is 0 Å². The summed E-state index contributed by atoms with van der Waals surface area (Å²) in [6, 6.07) is 16.1. The minimum atomic E-state index is -0.187. The highest BCUT2D eigenvalue weighted by Gasteiger charge is 2.11. The standard InChI is InChI=1S/C20H20N4O4S/c1-27-16-9-7-15(8-10-16)19-23-24-20(28-19)29-13-17(25)21-11-12-22-18(26)14-5-3-2-4-6-14/h2-10H,11-13H2,1H3,(H,21,25)(H,22,26). The lowest BCUT2D eigenvalue weighted by atomic mass is 10.2. The average molecular weight is 412 g/mol. The van der Waals surface area contributed by atoms with Gasteiger partial charge in [-0.2, -0.15) is 0 Å². The number of benzene rings is 2. The van der Waals surface area contributed by atoms with Crippen LogP contribution in [0.2, 0.25) is 0 Å². The monoisotopic (exact) mass is 412 g/mol. The largest absolute Gasteiger partial charge is 0.497 e. The van der Waals surface area contributed by atoms with Crippen LogP contribution in [0.15, 0.2) is 64.2 Å². The fraction of sp³-hybridized carbons (Fsp3) is 0.200. The number of rotatable bonds is 9. The first-order chi connectivity index (χ1) is 14.2. The van der Waals surface area contributed by atoms with Gasteiger partial charge in [0, 0.05) is 24.2 Å². The van der Waals surface area contributed by atoms with Crippen molar-refractivity contribution in [2.45, 2.75) is 5.22 Å². The molecule has 3 aromatic rings. The zero-order chi connectivity index (χ0) is 20.5. The van der Waals surface area contributed by atoms with Crippen molar-refractivity contribution in [3.63, 3.8) is 0 Å². The first-order valence-electron chi connectivity index (χ1n) is 8.86. The van der Waals surface area contributed by atoms with E-state index in [1.54, 1.807) is 43.5 Å². The van der Waals surface area contributed by atoms with Crippen LogP contribution in [0.1, 0.15) is 10.4 Å². The van der Waals surface area contributed by atoms with E-state index in [-0.39, 0.29) is 17.6 Å². The summed E-state index contributed by atoms with van der Waals surface area (Å²) in [4.78, 5) is 23.8. The van der Waals surface area contributed by atoms with Gasteiger partial charge in [0.2, 0.25) is 11.8 Å². The molecular formula is C20H20N4O4S. The molecule has 29 heavy (non-hydrogen) atoms. The van der Waals surface area contributed by atoms with E-state index in [2.05, 4.69) is 20.8 Å². The smallest absolute Gasteiger partial charge is 0.277 e. The van der Waals surface area contributed by atoms with Gasteiger partial charge in [-0.25, -0.2) is 0 Å². The van der Waals surface area contributed by atoms with E-state index in [4.69, 9.17) is 9.15 Å². The number of methoxy groups -OCH3 is 1. The highest BCUT2D eigenvalue weighted by molar-refractivity contribution is 7.99. The van der Waals surface area contributed by atoms with Crippen molar-refractivity contribution in [1.82, 2.24) is 20.8 Å². The van der Waals surface area contributed by atoms with Crippen molar-refractivity contribution >= 4 is 23.6 Å². The molecule has 0 unspecified atom stereocenters. The molecule has 0 aliphatic heterocycles. The molecule has 1 aromatic heterocycles. The quantitative estimate of drug-likeness (QED) is 0.410. The highest BCUT2D eigenvalue weighted by Crippen LogP contribution is 2.24. The van der Waals surface area contributed by atoms with Crippen LogP contribution in [0.5, 0.6) is 5.75 Å². The molecule has 0 radical (unpaired) electrons. The first-order valence-corrected chi connectivity index (χ1v) is 9.85. The van der Waals surface area contributed by atoms with Crippen LogP contribution in [0.4, 0.5) is 0 Å². The molecule has 0 aliphatic rings. The Morgan fingerprint density at radius 3 is 2.45 bits per heavy atom. The van der Waals surface area contributed by atoms with Gasteiger partial charge in [0.05, 0.1) is 12.9 Å². The molecule has 3 rings (SSSR count). The number of ether oxygens (including phenoxy) is 1. The Morgan fingerprint density at radius 1 is 1.00 bits per heavy atom. The SMILES string of the molecule is COc1ccc(-c2nnc(SCC(=O)NCCNC(=O)c3ccccc3)o2)cc1. The summed E-state index contributed by atoms with van der Waals surface area (Å²) in [6.07, 6.45) is 0. The van der Waals surface area contributed by atoms with Crippen LogP contribution in [-0.2, 0) is 4.79 Å². The molecule has 1 heterocycles. The minimum Gasteiger partial charge on any atom is -0.497 e.